The molecule has 0 bridgehead atoms. The van der Waals surface area contributed by atoms with Crippen LogP contribution < -0.4 is 0 Å². The normalized spacial score (nSPS) is 13.5. The largest absolute Gasteiger partial charge is 0.462 e. The zero-order chi connectivity index (χ0) is 48.3. The van der Waals surface area contributed by atoms with E-state index in [-0.39, 0.29) is 13.2 Å². The van der Waals surface area contributed by atoms with E-state index in [0.29, 0.717) is 22.3 Å². The first-order valence-electron chi connectivity index (χ1n) is 24.4. The van der Waals surface area contributed by atoms with Crippen molar-refractivity contribution in [1.29, 1.82) is 0 Å². The maximum Gasteiger partial charge on any atom is 0.338 e. The summed E-state index contributed by atoms with van der Waals surface area (Å²) in [6.07, 6.45) is 0. The monoisotopic (exact) mass is 910 g/mol. The molecule has 0 fully saturated rings. The number of ether oxygens (including phenoxy) is 2. The summed E-state index contributed by atoms with van der Waals surface area (Å²) < 4.78 is 11.8. The molecule has 0 heterocycles. The van der Waals surface area contributed by atoms with Gasteiger partial charge in [-0.25, -0.2) is 9.59 Å². The van der Waals surface area contributed by atoms with Crippen molar-refractivity contribution in [3.05, 3.63) is 272 Å². The van der Waals surface area contributed by atoms with Crippen LogP contribution in [0.4, 0.5) is 0 Å². The zero-order valence-electron chi connectivity index (χ0n) is 40.5. The molecule has 2 aliphatic rings. The number of benzene rings is 9. The Bertz CT molecular complexity index is 3180. The lowest BCUT2D eigenvalue weighted by Crippen LogP contribution is -2.28. The van der Waals surface area contributed by atoms with Crippen LogP contribution in [-0.2, 0) is 20.3 Å². The first-order valence-corrected chi connectivity index (χ1v) is 24.4. The first-order chi connectivity index (χ1) is 34.1. The van der Waals surface area contributed by atoms with E-state index < -0.39 is 22.8 Å². The highest BCUT2D eigenvalue weighted by molar-refractivity contribution is 6.06. The number of fused-ring (bicyclic) bond motifs is 6. The molecule has 0 amide bonds. The second kappa shape index (κ2) is 17.5. The average molecular weight is 911 g/mol. The van der Waals surface area contributed by atoms with Gasteiger partial charge in [0.25, 0.3) is 0 Å². The Morgan fingerprint density at radius 1 is 0.343 bits per heavy atom. The average Bonchev–Trinajstić information content (AvgIpc) is 3.85. The molecule has 0 saturated heterocycles. The van der Waals surface area contributed by atoms with Crippen molar-refractivity contribution in [2.75, 3.05) is 13.2 Å². The van der Waals surface area contributed by atoms with Gasteiger partial charge < -0.3 is 9.47 Å². The Morgan fingerprint density at radius 2 is 0.643 bits per heavy atom. The molecule has 0 N–H and O–H groups in total. The number of carbonyl (C=O) groups excluding carboxylic acids is 2. The summed E-state index contributed by atoms with van der Waals surface area (Å²) >= 11 is 0. The van der Waals surface area contributed by atoms with E-state index in [4.69, 9.17) is 9.47 Å². The summed E-state index contributed by atoms with van der Waals surface area (Å²) in [6.45, 7) is 12.5. The fourth-order valence-electron chi connectivity index (χ4n) is 11.5. The standard InChI is InChI=1S/C66H54O4/c1-7-69-63(67)57-39-56(46-26-36-54-52-14-10-12-16-60(52)66(62(54)38-46,49-31-21-43(5)22-32-49)50-33-23-44(6)24-34-50)58(64(68)70-8-2)40-55(57)45-25-35-53-51-13-9-11-15-59(51)65(61(53)37-45,47-27-17-41(3)18-28-47)48-29-19-42(4)20-30-48/h9-40H,7-8H2,1-6H3. The fraction of sp³-hybridized carbons (Fsp3) is 0.152. The molecule has 0 aliphatic heterocycles. The lowest BCUT2D eigenvalue weighted by Gasteiger charge is -2.34. The Morgan fingerprint density at radius 3 is 0.957 bits per heavy atom. The highest BCUT2D eigenvalue weighted by Crippen LogP contribution is 2.59. The Hall–Kier alpha value is -8.08. The van der Waals surface area contributed by atoms with Gasteiger partial charge in [0.05, 0.1) is 35.2 Å². The van der Waals surface area contributed by atoms with Gasteiger partial charge in [-0.3, -0.25) is 0 Å². The number of hydrogen-bond donors (Lipinski definition) is 0. The third-order valence-electron chi connectivity index (χ3n) is 14.8. The minimum Gasteiger partial charge on any atom is -0.462 e. The second-order valence-electron chi connectivity index (χ2n) is 19.0. The van der Waals surface area contributed by atoms with Gasteiger partial charge >= 0.3 is 11.9 Å². The Balaban J connectivity index is 1.17. The van der Waals surface area contributed by atoms with E-state index in [1.54, 1.807) is 0 Å². The molecule has 2 aliphatic carbocycles. The highest BCUT2D eigenvalue weighted by atomic mass is 16.5. The van der Waals surface area contributed by atoms with E-state index in [2.05, 4.69) is 210 Å². The SMILES string of the molecule is CCOC(=O)c1cc(-c2ccc3c(c2)C(c2ccc(C)cc2)(c2ccc(C)cc2)c2ccccc2-3)c(C(=O)OCC)cc1-c1ccc2c(c1)C(c1ccc(C)cc1)(c1ccc(C)cc1)c1ccccc1-2. The molecule has 0 atom stereocenters. The molecule has 342 valence electrons. The van der Waals surface area contributed by atoms with E-state index in [1.165, 1.54) is 33.4 Å². The third kappa shape index (κ3) is 6.88. The molecule has 4 heteroatoms. The van der Waals surface area contributed by atoms with Crippen LogP contribution >= 0.6 is 0 Å². The zero-order valence-corrected chi connectivity index (χ0v) is 40.5. The minimum atomic E-state index is -0.680. The molecule has 0 saturated carbocycles. The van der Waals surface area contributed by atoms with Crippen LogP contribution in [0.5, 0.6) is 0 Å². The molecule has 0 aromatic heterocycles. The molecule has 4 nitrogen and oxygen atoms in total. The minimum absolute atomic E-state index is 0.184. The molecular formula is C66H54O4. The number of hydrogen-bond acceptors (Lipinski definition) is 4. The summed E-state index contributed by atoms with van der Waals surface area (Å²) in [4.78, 5) is 29.2. The van der Waals surface area contributed by atoms with Gasteiger partial charge in [0.15, 0.2) is 0 Å². The van der Waals surface area contributed by atoms with Crippen LogP contribution in [0.2, 0.25) is 0 Å². The van der Waals surface area contributed by atoms with Crippen molar-refractivity contribution in [1.82, 2.24) is 0 Å². The summed E-state index contributed by atoms with van der Waals surface area (Å²) in [5, 5.41) is 0. The number of rotatable bonds is 10. The molecule has 0 unspecified atom stereocenters. The molecule has 0 spiro atoms. The number of esters is 2. The van der Waals surface area contributed by atoms with Gasteiger partial charge in [-0.2, -0.15) is 0 Å². The van der Waals surface area contributed by atoms with Crippen molar-refractivity contribution in [3.63, 3.8) is 0 Å². The fourth-order valence-corrected chi connectivity index (χ4v) is 11.5. The molecular weight excluding hydrogens is 857 g/mol. The predicted octanol–water partition coefficient (Wildman–Crippen LogP) is 15.3. The first kappa shape index (κ1) is 44.4. The summed E-state index contributed by atoms with van der Waals surface area (Å²) in [5.74, 6) is -0.938. The lowest BCUT2D eigenvalue weighted by atomic mass is 9.67. The quantitative estimate of drug-likeness (QED) is 0.128. The van der Waals surface area contributed by atoms with Gasteiger partial charge in [0, 0.05) is 0 Å². The molecule has 9 aromatic carbocycles. The maximum absolute atomic E-state index is 14.6. The van der Waals surface area contributed by atoms with Crippen LogP contribution in [0.3, 0.4) is 0 Å². The van der Waals surface area contributed by atoms with E-state index in [0.717, 1.165) is 66.8 Å². The van der Waals surface area contributed by atoms with Gasteiger partial charge in [-0.15, -0.1) is 0 Å². The molecule has 11 rings (SSSR count). The molecule has 70 heavy (non-hydrogen) atoms. The summed E-state index contributed by atoms with van der Waals surface area (Å²) in [5.41, 5.74) is 20.5. The summed E-state index contributed by atoms with van der Waals surface area (Å²) in [7, 11) is 0. The maximum atomic E-state index is 14.6. The Kier molecular flexibility index (Phi) is 11.1. The second-order valence-corrected chi connectivity index (χ2v) is 19.0. The lowest BCUT2D eigenvalue weighted by molar-refractivity contribution is 0.0513. The van der Waals surface area contributed by atoms with Crippen molar-refractivity contribution in [2.24, 2.45) is 0 Å². The smallest absolute Gasteiger partial charge is 0.338 e. The van der Waals surface area contributed by atoms with E-state index in [9.17, 15) is 9.59 Å². The number of aryl methyl sites for hydroxylation is 4. The highest BCUT2D eigenvalue weighted by Gasteiger charge is 2.48. The van der Waals surface area contributed by atoms with Crippen LogP contribution in [0, 0.1) is 27.7 Å². The third-order valence-corrected chi connectivity index (χ3v) is 14.8. The van der Waals surface area contributed by atoms with Crippen molar-refractivity contribution in [3.8, 4) is 44.5 Å². The Labute approximate surface area is 411 Å². The van der Waals surface area contributed by atoms with E-state index >= 15 is 0 Å². The molecule has 0 radical (unpaired) electrons. The van der Waals surface area contributed by atoms with Crippen molar-refractivity contribution >= 4 is 11.9 Å². The topological polar surface area (TPSA) is 52.6 Å². The van der Waals surface area contributed by atoms with E-state index in [1.807, 2.05) is 26.0 Å². The van der Waals surface area contributed by atoms with Gasteiger partial charge in [0.2, 0.25) is 0 Å². The molecule has 9 aromatic rings. The van der Waals surface area contributed by atoms with Gasteiger partial charge in [-0.1, -0.05) is 192 Å². The predicted molar refractivity (Wildman–Crippen MR) is 283 cm³/mol. The van der Waals surface area contributed by atoms with Crippen LogP contribution in [-0.4, -0.2) is 25.2 Å². The van der Waals surface area contributed by atoms with Crippen molar-refractivity contribution in [2.45, 2.75) is 52.4 Å². The van der Waals surface area contributed by atoms with Crippen molar-refractivity contribution < 1.29 is 19.1 Å². The van der Waals surface area contributed by atoms with Crippen LogP contribution in [0.1, 0.15) is 101 Å². The van der Waals surface area contributed by atoms with Crippen LogP contribution in [0.15, 0.2) is 194 Å². The van der Waals surface area contributed by atoms with Gasteiger partial charge in [-0.05, 0) is 155 Å². The summed E-state index contributed by atoms with van der Waals surface area (Å²) in [6, 6.07) is 69.4. The number of carbonyl (C=O) groups is 2. The van der Waals surface area contributed by atoms with Crippen LogP contribution in [0.25, 0.3) is 44.5 Å². The van der Waals surface area contributed by atoms with Gasteiger partial charge in [0.1, 0.15) is 0 Å².